The van der Waals surface area contributed by atoms with E-state index < -0.39 is 0 Å². The predicted molar refractivity (Wildman–Crippen MR) is 97.0 cm³/mol. The first-order valence-corrected chi connectivity index (χ1v) is 9.94. The van der Waals surface area contributed by atoms with Crippen molar-refractivity contribution < 1.29 is 9.53 Å². The van der Waals surface area contributed by atoms with E-state index in [-0.39, 0.29) is 17.6 Å². The molecule has 5 rings (SSSR count). The lowest BCUT2D eigenvalue weighted by Gasteiger charge is -2.31. The molecule has 2 aliphatic carbocycles. The largest absolute Gasteiger partial charge is 0.380 e. The van der Waals surface area contributed by atoms with Crippen LogP contribution < -0.4 is 0 Å². The Hall–Kier alpha value is -2.22. The summed E-state index contributed by atoms with van der Waals surface area (Å²) >= 11 is 0. The van der Waals surface area contributed by atoms with Gasteiger partial charge in [0.2, 0.25) is 5.82 Å². The van der Waals surface area contributed by atoms with Gasteiger partial charge in [-0.2, -0.15) is 5.10 Å². The topological polar surface area (TPSA) is 78.1 Å². The average Bonchev–Trinajstić information content (AvgIpc) is 3.56. The number of carbonyl (C=O) groups is 1. The van der Waals surface area contributed by atoms with Crippen LogP contribution in [0.1, 0.15) is 53.5 Å². The van der Waals surface area contributed by atoms with Crippen molar-refractivity contribution in [3.05, 3.63) is 29.6 Å². The van der Waals surface area contributed by atoms with Crippen LogP contribution in [0.15, 0.2) is 12.5 Å². The number of fused-ring (bicyclic) bond motifs is 1. The summed E-state index contributed by atoms with van der Waals surface area (Å²) in [6.07, 6.45) is 8.84. The van der Waals surface area contributed by atoms with Crippen LogP contribution in [0.3, 0.4) is 0 Å². The summed E-state index contributed by atoms with van der Waals surface area (Å²) in [7, 11) is 1.77. The second-order valence-electron chi connectivity index (χ2n) is 8.31. The Morgan fingerprint density at radius 3 is 2.70 bits per heavy atom. The van der Waals surface area contributed by atoms with Crippen LogP contribution in [0.2, 0.25) is 0 Å². The van der Waals surface area contributed by atoms with Crippen LogP contribution in [0.4, 0.5) is 0 Å². The van der Waals surface area contributed by atoms with E-state index in [1.54, 1.807) is 18.1 Å². The summed E-state index contributed by atoms with van der Waals surface area (Å²) in [6.45, 7) is 3.59. The van der Waals surface area contributed by atoms with E-state index in [0.29, 0.717) is 19.7 Å². The number of amides is 1. The summed E-state index contributed by atoms with van der Waals surface area (Å²) in [5.41, 5.74) is 2.23. The van der Waals surface area contributed by atoms with Crippen LogP contribution in [0.25, 0.3) is 0 Å². The molecule has 27 heavy (non-hydrogen) atoms. The molecule has 3 heterocycles. The summed E-state index contributed by atoms with van der Waals surface area (Å²) in [4.78, 5) is 18.8. The van der Waals surface area contributed by atoms with Crippen molar-refractivity contribution in [2.24, 2.45) is 18.9 Å². The number of ether oxygens (including phenoxy) is 1. The number of hydrogen-bond acceptors (Lipinski definition) is 5. The standard InChI is InChI=1S/C19H26N6O2/c1-23-12-20-18(22-23)19(26)24-7-15-9-25(6-13-2-3-13)21-17(15)16(8-24)11-27-10-14-4-5-14/h9,12-14,16H,2-8,10-11H2,1H3/t16-/m1/s1. The Labute approximate surface area is 158 Å². The lowest BCUT2D eigenvalue weighted by atomic mass is 9.97. The van der Waals surface area contributed by atoms with E-state index in [0.717, 1.165) is 36.2 Å². The highest BCUT2D eigenvalue weighted by Crippen LogP contribution is 2.33. The van der Waals surface area contributed by atoms with Gasteiger partial charge in [0.15, 0.2) is 0 Å². The molecule has 0 radical (unpaired) electrons. The minimum Gasteiger partial charge on any atom is -0.380 e. The Morgan fingerprint density at radius 1 is 1.19 bits per heavy atom. The van der Waals surface area contributed by atoms with Crippen molar-refractivity contribution in [1.29, 1.82) is 0 Å². The van der Waals surface area contributed by atoms with Gasteiger partial charge in [-0.1, -0.05) is 0 Å². The zero-order chi connectivity index (χ0) is 18.4. The van der Waals surface area contributed by atoms with Crippen molar-refractivity contribution in [1.82, 2.24) is 29.4 Å². The molecule has 0 unspecified atom stereocenters. The van der Waals surface area contributed by atoms with Gasteiger partial charge < -0.3 is 9.64 Å². The maximum atomic E-state index is 12.9. The van der Waals surface area contributed by atoms with E-state index in [1.165, 1.54) is 25.7 Å². The fourth-order valence-corrected chi connectivity index (χ4v) is 3.75. The molecule has 8 heteroatoms. The molecule has 1 amide bonds. The van der Waals surface area contributed by atoms with Crippen LogP contribution in [0.5, 0.6) is 0 Å². The number of nitrogens with zero attached hydrogens (tertiary/aromatic N) is 6. The quantitative estimate of drug-likeness (QED) is 0.740. The van der Waals surface area contributed by atoms with Gasteiger partial charge in [-0.05, 0) is 37.5 Å². The van der Waals surface area contributed by atoms with Gasteiger partial charge >= 0.3 is 0 Å². The van der Waals surface area contributed by atoms with E-state index >= 15 is 0 Å². The number of carbonyl (C=O) groups excluding carboxylic acids is 1. The van der Waals surface area contributed by atoms with E-state index in [4.69, 9.17) is 9.84 Å². The van der Waals surface area contributed by atoms with Gasteiger partial charge in [0.1, 0.15) is 6.33 Å². The summed E-state index contributed by atoms with van der Waals surface area (Å²) in [6, 6.07) is 0. The molecule has 2 fully saturated rings. The normalized spacial score (nSPS) is 22.1. The van der Waals surface area contributed by atoms with Crippen molar-refractivity contribution in [3.63, 3.8) is 0 Å². The first-order chi connectivity index (χ1) is 13.2. The third kappa shape index (κ3) is 3.76. The highest BCUT2D eigenvalue weighted by Gasteiger charge is 2.34. The average molecular weight is 370 g/mol. The Morgan fingerprint density at radius 2 is 2.00 bits per heavy atom. The minimum atomic E-state index is -0.122. The fourth-order valence-electron chi connectivity index (χ4n) is 3.75. The molecule has 2 saturated carbocycles. The van der Waals surface area contributed by atoms with Crippen LogP contribution in [0, 0.1) is 11.8 Å². The molecule has 1 aliphatic heterocycles. The molecule has 0 saturated heterocycles. The van der Waals surface area contributed by atoms with Gasteiger partial charge in [-0.25, -0.2) is 4.98 Å². The molecule has 8 nitrogen and oxygen atoms in total. The van der Waals surface area contributed by atoms with Gasteiger partial charge in [0.05, 0.1) is 12.3 Å². The number of hydrogen-bond donors (Lipinski definition) is 0. The van der Waals surface area contributed by atoms with E-state index in [9.17, 15) is 4.79 Å². The highest BCUT2D eigenvalue weighted by molar-refractivity contribution is 5.90. The lowest BCUT2D eigenvalue weighted by Crippen LogP contribution is -2.40. The first-order valence-electron chi connectivity index (χ1n) is 9.94. The fraction of sp³-hybridized carbons (Fsp3) is 0.684. The predicted octanol–water partition coefficient (Wildman–Crippen LogP) is 1.59. The molecule has 0 N–H and O–H groups in total. The zero-order valence-corrected chi connectivity index (χ0v) is 15.8. The Kier molecular flexibility index (Phi) is 4.22. The minimum absolute atomic E-state index is 0.112. The van der Waals surface area contributed by atoms with Crippen molar-refractivity contribution in [3.8, 4) is 0 Å². The lowest BCUT2D eigenvalue weighted by molar-refractivity contribution is 0.0615. The molecule has 0 bridgehead atoms. The van der Waals surface area contributed by atoms with E-state index in [2.05, 4.69) is 21.0 Å². The SMILES string of the molecule is Cn1cnc(C(=O)N2Cc3cn(CC4CC4)nc3[C@@H](COCC3CC3)C2)n1. The summed E-state index contributed by atoms with van der Waals surface area (Å²) in [5.74, 6) is 1.75. The highest BCUT2D eigenvalue weighted by atomic mass is 16.5. The monoisotopic (exact) mass is 370 g/mol. The molecule has 0 spiro atoms. The maximum Gasteiger partial charge on any atom is 0.293 e. The molecular formula is C19H26N6O2. The van der Waals surface area contributed by atoms with Crippen molar-refractivity contribution in [2.45, 2.75) is 44.7 Å². The zero-order valence-electron chi connectivity index (χ0n) is 15.8. The van der Waals surface area contributed by atoms with Crippen LogP contribution >= 0.6 is 0 Å². The molecule has 144 valence electrons. The molecule has 1 atom stereocenters. The van der Waals surface area contributed by atoms with Crippen molar-refractivity contribution in [2.75, 3.05) is 19.8 Å². The third-order valence-electron chi connectivity index (χ3n) is 5.65. The summed E-state index contributed by atoms with van der Waals surface area (Å²) < 4.78 is 9.61. The second-order valence-corrected chi connectivity index (χ2v) is 8.31. The smallest absolute Gasteiger partial charge is 0.293 e. The van der Waals surface area contributed by atoms with E-state index in [1.807, 2.05) is 4.90 Å². The molecule has 3 aliphatic rings. The number of aromatic nitrogens is 5. The molecule has 0 aromatic carbocycles. The van der Waals surface area contributed by atoms with Crippen molar-refractivity contribution >= 4 is 5.91 Å². The van der Waals surface area contributed by atoms with Gasteiger partial charge in [-0.3, -0.25) is 14.2 Å². The van der Waals surface area contributed by atoms with Gasteiger partial charge in [0, 0.05) is 51.0 Å². The molecule has 2 aromatic heterocycles. The van der Waals surface area contributed by atoms with Gasteiger partial charge in [-0.15, -0.1) is 5.10 Å². The number of aryl methyl sites for hydroxylation is 1. The maximum absolute atomic E-state index is 12.9. The third-order valence-corrected chi connectivity index (χ3v) is 5.65. The van der Waals surface area contributed by atoms with Crippen LogP contribution in [-0.4, -0.2) is 55.1 Å². The van der Waals surface area contributed by atoms with Crippen LogP contribution in [-0.2, 0) is 24.9 Å². The van der Waals surface area contributed by atoms with Gasteiger partial charge in [0.25, 0.3) is 5.91 Å². The Balaban J connectivity index is 1.35. The Bertz CT molecular complexity index is 835. The first kappa shape index (κ1) is 16.9. The second kappa shape index (κ2) is 6.74. The molecule has 2 aromatic rings. The molecular weight excluding hydrogens is 344 g/mol. The summed E-state index contributed by atoms with van der Waals surface area (Å²) in [5, 5.41) is 9.04. The number of rotatable bonds is 7.